The van der Waals surface area contributed by atoms with Crippen LogP contribution < -0.4 is 5.32 Å². The van der Waals surface area contributed by atoms with E-state index in [1.54, 1.807) is 0 Å². The normalized spacial score (nSPS) is 29.7. The summed E-state index contributed by atoms with van der Waals surface area (Å²) in [5.74, 6) is 0. The summed E-state index contributed by atoms with van der Waals surface area (Å²) in [7, 11) is 0. The lowest BCUT2D eigenvalue weighted by Crippen LogP contribution is -2.34. The molecule has 0 amide bonds. The minimum Gasteiger partial charge on any atom is -0.296 e. The summed E-state index contributed by atoms with van der Waals surface area (Å²) < 4.78 is 0. The molecular formula is C12H19N2O. The van der Waals surface area contributed by atoms with Gasteiger partial charge in [-0.3, -0.25) is 10.2 Å². The van der Waals surface area contributed by atoms with E-state index in [2.05, 4.69) is 34.5 Å². The molecule has 1 aliphatic heterocycles. The van der Waals surface area contributed by atoms with E-state index in [4.69, 9.17) is 0 Å². The minimum absolute atomic E-state index is 0.0763. The van der Waals surface area contributed by atoms with Crippen molar-refractivity contribution in [3.63, 3.8) is 0 Å². The SMILES string of the molecule is [O]CCCCCN1CNC2C=CC=CC21. The average Bonchev–Trinajstić information content (AvgIpc) is 2.68. The summed E-state index contributed by atoms with van der Waals surface area (Å²) in [6.45, 7) is 2.15. The molecular weight excluding hydrogens is 188 g/mol. The maximum atomic E-state index is 10.3. The van der Waals surface area contributed by atoms with Crippen molar-refractivity contribution in [1.29, 1.82) is 0 Å². The summed E-state index contributed by atoms with van der Waals surface area (Å²) >= 11 is 0. The zero-order valence-electron chi connectivity index (χ0n) is 9.06. The van der Waals surface area contributed by atoms with Gasteiger partial charge in [-0.2, -0.15) is 0 Å². The molecule has 15 heavy (non-hydrogen) atoms. The van der Waals surface area contributed by atoms with E-state index < -0.39 is 0 Å². The first-order valence-electron chi connectivity index (χ1n) is 5.82. The number of allylic oxidation sites excluding steroid dienone is 2. The van der Waals surface area contributed by atoms with Gasteiger partial charge < -0.3 is 0 Å². The Morgan fingerprint density at radius 2 is 2.07 bits per heavy atom. The van der Waals surface area contributed by atoms with Crippen LogP contribution in [0.15, 0.2) is 24.3 Å². The Balaban J connectivity index is 1.74. The number of nitrogens with zero attached hydrogens (tertiary/aromatic N) is 1. The van der Waals surface area contributed by atoms with Gasteiger partial charge in [0.1, 0.15) is 0 Å². The van der Waals surface area contributed by atoms with E-state index in [9.17, 15) is 5.11 Å². The highest BCUT2D eigenvalue weighted by Crippen LogP contribution is 2.18. The van der Waals surface area contributed by atoms with Crippen molar-refractivity contribution in [3.05, 3.63) is 24.3 Å². The molecule has 0 saturated carbocycles. The van der Waals surface area contributed by atoms with Gasteiger partial charge in [0, 0.05) is 25.3 Å². The topological polar surface area (TPSA) is 35.2 Å². The Bertz CT molecular complexity index is 250. The van der Waals surface area contributed by atoms with Crippen molar-refractivity contribution in [2.24, 2.45) is 0 Å². The summed E-state index contributed by atoms with van der Waals surface area (Å²) in [6.07, 6.45) is 11.8. The Hall–Kier alpha value is -0.640. The molecule has 3 nitrogen and oxygen atoms in total. The molecule has 0 spiro atoms. The summed E-state index contributed by atoms with van der Waals surface area (Å²) in [5.41, 5.74) is 0. The summed E-state index contributed by atoms with van der Waals surface area (Å²) in [6, 6.07) is 1.02. The first kappa shape index (κ1) is 10.9. The van der Waals surface area contributed by atoms with E-state index >= 15 is 0 Å². The molecule has 0 aromatic rings. The first-order chi connectivity index (χ1) is 7.42. The second kappa shape index (κ2) is 5.45. The number of unbranched alkanes of at least 4 members (excludes halogenated alkanes) is 2. The van der Waals surface area contributed by atoms with Crippen LogP contribution in [-0.4, -0.2) is 36.8 Å². The highest BCUT2D eigenvalue weighted by Gasteiger charge is 2.30. The second-order valence-corrected chi connectivity index (χ2v) is 4.23. The summed E-state index contributed by atoms with van der Waals surface area (Å²) in [5, 5.41) is 13.8. The second-order valence-electron chi connectivity index (χ2n) is 4.23. The van der Waals surface area contributed by atoms with Gasteiger partial charge in [-0.05, 0) is 19.3 Å². The molecule has 0 aromatic carbocycles. The molecule has 2 unspecified atom stereocenters. The van der Waals surface area contributed by atoms with Crippen LogP contribution >= 0.6 is 0 Å². The van der Waals surface area contributed by atoms with Gasteiger partial charge in [-0.1, -0.05) is 24.3 Å². The molecule has 2 rings (SSSR count). The van der Waals surface area contributed by atoms with Crippen LogP contribution in [0.25, 0.3) is 0 Å². The van der Waals surface area contributed by atoms with E-state index in [0.29, 0.717) is 12.1 Å². The van der Waals surface area contributed by atoms with Crippen molar-refractivity contribution < 1.29 is 5.11 Å². The van der Waals surface area contributed by atoms with E-state index in [0.717, 1.165) is 32.5 Å². The largest absolute Gasteiger partial charge is 0.296 e. The molecule has 0 bridgehead atoms. The molecule has 83 valence electrons. The zero-order chi connectivity index (χ0) is 10.5. The number of fused-ring (bicyclic) bond motifs is 1. The van der Waals surface area contributed by atoms with Crippen molar-refractivity contribution in [3.8, 4) is 0 Å². The van der Waals surface area contributed by atoms with Crippen LogP contribution in [-0.2, 0) is 5.11 Å². The lowest BCUT2D eigenvalue weighted by Gasteiger charge is -2.24. The molecule has 1 saturated heterocycles. The molecule has 1 N–H and O–H groups in total. The van der Waals surface area contributed by atoms with E-state index in [1.807, 2.05) is 0 Å². The van der Waals surface area contributed by atoms with Gasteiger partial charge in [0.25, 0.3) is 0 Å². The lowest BCUT2D eigenvalue weighted by atomic mass is 10.0. The number of hydrogen-bond acceptors (Lipinski definition) is 2. The molecule has 2 atom stereocenters. The van der Waals surface area contributed by atoms with Crippen LogP contribution in [0.4, 0.5) is 0 Å². The predicted octanol–water partition coefficient (Wildman–Crippen LogP) is 1.31. The monoisotopic (exact) mass is 207 g/mol. The lowest BCUT2D eigenvalue weighted by molar-refractivity contribution is 0.183. The predicted molar refractivity (Wildman–Crippen MR) is 60.0 cm³/mol. The molecule has 2 aliphatic rings. The van der Waals surface area contributed by atoms with Gasteiger partial charge in [-0.25, -0.2) is 5.11 Å². The van der Waals surface area contributed by atoms with Gasteiger partial charge >= 0.3 is 0 Å². The fraction of sp³-hybridized carbons (Fsp3) is 0.667. The van der Waals surface area contributed by atoms with Gasteiger partial charge in [0.05, 0.1) is 6.61 Å². The van der Waals surface area contributed by atoms with Gasteiger partial charge in [0.2, 0.25) is 0 Å². The van der Waals surface area contributed by atoms with Crippen LogP contribution in [0.5, 0.6) is 0 Å². The standard InChI is InChI=1S/C12H19N2O/c15-9-5-1-4-8-14-10-13-11-6-2-3-7-12(11)14/h2-3,6-7,11-13H,1,4-5,8-10H2. The van der Waals surface area contributed by atoms with Gasteiger partial charge in [-0.15, -0.1) is 0 Å². The quantitative estimate of drug-likeness (QED) is 0.690. The Morgan fingerprint density at radius 1 is 1.20 bits per heavy atom. The van der Waals surface area contributed by atoms with Crippen LogP contribution in [0, 0.1) is 0 Å². The minimum atomic E-state index is 0.0763. The third-order valence-electron chi connectivity index (χ3n) is 3.15. The van der Waals surface area contributed by atoms with Crippen LogP contribution in [0.3, 0.4) is 0 Å². The molecule has 0 aromatic heterocycles. The molecule has 3 heteroatoms. The van der Waals surface area contributed by atoms with Crippen molar-refractivity contribution in [2.75, 3.05) is 19.8 Å². The zero-order valence-corrected chi connectivity index (χ0v) is 9.06. The van der Waals surface area contributed by atoms with Crippen LogP contribution in [0.1, 0.15) is 19.3 Å². The van der Waals surface area contributed by atoms with E-state index in [-0.39, 0.29) is 6.61 Å². The fourth-order valence-corrected chi connectivity index (χ4v) is 2.28. The molecule has 1 fully saturated rings. The number of rotatable bonds is 5. The van der Waals surface area contributed by atoms with Gasteiger partial charge in [0.15, 0.2) is 0 Å². The number of nitrogens with one attached hydrogen (secondary N) is 1. The Kier molecular flexibility index (Phi) is 3.94. The van der Waals surface area contributed by atoms with E-state index in [1.165, 1.54) is 0 Å². The van der Waals surface area contributed by atoms with Crippen molar-refractivity contribution in [2.45, 2.75) is 31.3 Å². The average molecular weight is 207 g/mol. The van der Waals surface area contributed by atoms with Crippen molar-refractivity contribution in [1.82, 2.24) is 10.2 Å². The fourth-order valence-electron chi connectivity index (χ4n) is 2.28. The Labute approximate surface area is 91.5 Å². The maximum absolute atomic E-state index is 10.3. The smallest absolute Gasteiger partial charge is 0.0822 e. The molecule has 1 radical (unpaired) electrons. The maximum Gasteiger partial charge on any atom is 0.0822 e. The van der Waals surface area contributed by atoms with Crippen LogP contribution in [0.2, 0.25) is 0 Å². The third-order valence-corrected chi connectivity index (χ3v) is 3.15. The Morgan fingerprint density at radius 3 is 2.93 bits per heavy atom. The summed E-state index contributed by atoms with van der Waals surface area (Å²) in [4.78, 5) is 2.45. The third kappa shape index (κ3) is 2.68. The molecule has 1 heterocycles. The number of hydrogen-bond donors (Lipinski definition) is 1. The highest BCUT2D eigenvalue weighted by molar-refractivity contribution is 5.22. The van der Waals surface area contributed by atoms with Crippen molar-refractivity contribution >= 4 is 0 Å². The first-order valence-corrected chi connectivity index (χ1v) is 5.82. The highest BCUT2D eigenvalue weighted by atomic mass is 16.2. The molecule has 1 aliphatic carbocycles.